The molecule has 0 bridgehead atoms. The monoisotopic (exact) mass is 340 g/mol. The van der Waals surface area contributed by atoms with Gasteiger partial charge in [-0.15, -0.1) is 0 Å². The molecule has 5 nitrogen and oxygen atoms in total. The number of amides is 2. The molecule has 1 fully saturated rings. The smallest absolute Gasteiger partial charge is 0.337 e. The lowest BCUT2D eigenvalue weighted by molar-refractivity contribution is 0.0698. The van der Waals surface area contributed by atoms with Crippen LogP contribution in [0.2, 0.25) is 0 Å². The average molecular weight is 341 g/mol. The highest BCUT2D eigenvalue weighted by atomic mass is 79.9. The molecule has 0 unspecified atom stereocenters. The lowest BCUT2D eigenvalue weighted by Crippen LogP contribution is -2.54. The lowest BCUT2D eigenvalue weighted by Gasteiger charge is -2.41. The molecule has 0 atom stereocenters. The normalized spacial score (nSPS) is 16.1. The summed E-state index contributed by atoms with van der Waals surface area (Å²) in [5, 5.41) is 14.7. The second kappa shape index (κ2) is 5.83. The van der Waals surface area contributed by atoms with Crippen LogP contribution in [0.25, 0.3) is 0 Å². The number of hydrogen-bond acceptors (Lipinski definition) is 2. The second-order valence-corrected chi connectivity index (χ2v) is 5.89. The first kappa shape index (κ1) is 14.8. The zero-order chi connectivity index (χ0) is 14.8. The SMILES string of the molecule is CCC1(NC(=O)Nc2c(Br)cccc2C(=O)O)CCC1. The molecule has 1 aliphatic rings. The molecule has 20 heavy (non-hydrogen) atoms. The first-order valence-corrected chi connectivity index (χ1v) is 7.38. The van der Waals surface area contributed by atoms with Crippen molar-refractivity contribution in [1.82, 2.24) is 5.32 Å². The topological polar surface area (TPSA) is 78.4 Å². The molecule has 0 saturated heterocycles. The minimum atomic E-state index is -1.07. The number of aromatic carboxylic acids is 1. The van der Waals surface area contributed by atoms with Gasteiger partial charge in [0.25, 0.3) is 0 Å². The molecule has 1 saturated carbocycles. The van der Waals surface area contributed by atoms with Crippen LogP contribution < -0.4 is 10.6 Å². The molecule has 3 N–H and O–H groups in total. The molecule has 0 heterocycles. The van der Waals surface area contributed by atoms with Crippen molar-refractivity contribution < 1.29 is 14.7 Å². The van der Waals surface area contributed by atoms with Crippen molar-refractivity contribution in [3.05, 3.63) is 28.2 Å². The summed E-state index contributed by atoms with van der Waals surface area (Å²) in [7, 11) is 0. The zero-order valence-electron chi connectivity index (χ0n) is 11.2. The summed E-state index contributed by atoms with van der Waals surface area (Å²) in [6, 6.07) is 4.42. The Morgan fingerprint density at radius 1 is 1.40 bits per heavy atom. The first-order valence-electron chi connectivity index (χ1n) is 6.58. The van der Waals surface area contributed by atoms with Gasteiger partial charge in [0.15, 0.2) is 0 Å². The number of rotatable bonds is 4. The second-order valence-electron chi connectivity index (χ2n) is 5.03. The number of nitrogens with one attached hydrogen (secondary N) is 2. The van der Waals surface area contributed by atoms with Gasteiger partial charge in [-0.25, -0.2) is 9.59 Å². The van der Waals surface area contributed by atoms with E-state index in [2.05, 4.69) is 26.6 Å². The van der Waals surface area contributed by atoms with Crippen molar-refractivity contribution in [2.24, 2.45) is 0 Å². The van der Waals surface area contributed by atoms with Gasteiger partial charge in [-0.05, 0) is 53.7 Å². The van der Waals surface area contributed by atoms with Gasteiger partial charge in [-0.3, -0.25) is 0 Å². The fourth-order valence-electron chi connectivity index (χ4n) is 2.39. The predicted octanol–water partition coefficient (Wildman–Crippen LogP) is 3.60. The minimum Gasteiger partial charge on any atom is -0.478 e. The van der Waals surface area contributed by atoms with Gasteiger partial charge >= 0.3 is 12.0 Å². The Hall–Kier alpha value is -1.56. The van der Waals surface area contributed by atoms with E-state index in [1.54, 1.807) is 12.1 Å². The van der Waals surface area contributed by atoms with Crippen molar-refractivity contribution in [3.8, 4) is 0 Å². The number of carboxylic acids is 1. The van der Waals surface area contributed by atoms with Crippen LogP contribution >= 0.6 is 15.9 Å². The van der Waals surface area contributed by atoms with Crippen molar-refractivity contribution >= 4 is 33.6 Å². The molecular weight excluding hydrogens is 324 g/mol. The summed E-state index contributed by atoms with van der Waals surface area (Å²) < 4.78 is 0.548. The van der Waals surface area contributed by atoms with E-state index >= 15 is 0 Å². The molecule has 6 heteroatoms. The van der Waals surface area contributed by atoms with Gasteiger partial charge in [-0.2, -0.15) is 0 Å². The standard InChI is InChI=1S/C14H17BrN2O3/c1-2-14(7-4-8-14)17-13(20)16-11-9(12(18)19)5-3-6-10(11)15/h3,5-6H,2,4,7-8H2,1H3,(H,18,19)(H2,16,17,20). The molecule has 1 aromatic rings. The molecule has 0 spiro atoms. The summed E-state index contributed by atoms with van der Waals surface area (Å²) in [4.78, 5) is 23.2. The van der Waals surface area contributed by atoms with Gasteiger partial charge in [0.05, 0.1) is 11.3 Å². The predicted molar refractivity (Wildman–Crippen MR) is 80.1 cm³/mol. The van der Waals surface area contributed by atoms with Gasteiger partial charge in [0.2, 0.25) is 0 Å². The van der Waals surface area contributed by atoms with Crippen LogP contribution in [0.4, 0.5) is 10.5 Å². The molecule has 108 valence electrons. The summed E-state index contributed by atoms with van der Waals surface area (Å²) >= 11 is 3.27. The van der Waals surface area contributed by atoms with Crippen LogP contribution in [0.1, 0.15) is 43.0 Å². The van der Waals surface area contributed by atoms with Crippen LogP contribution in [0.5, 0.6) is 0 Å². The maximum Gasteiger partial charge on any atom is 0.337 e. The zero-order valence-corrected chi connectivity index (χ0v) is 12.8. The van der Waals surface area contributed by atoms with Crippen LogP contribution in [-0.2, 0) is 0 Å². The van der Waals surface area contributed by atoms with E-state index in [-0.39, 0.29) is 22.8 Å². The van der Waals surface area contributed by atoms with Crippen molar-refractivity contribution in [2.45, 2.75) is 38.1 Å². The molecule has 2 amide bonds. The third-order valence-corrected chi connectivity index (χ3v) is 4.51. The average Bonchev–Trinajstić information content (AvgIpc) is 2.36. The Bertz CT molecular complexity index is 536. The maximum absolute atomic E-state index is 12.1. The van der Waals surface area contributed by atoms with Crippen LogP contribution in [0, 0.1) is 0 Å². The minimum absolute atomic E-state index is 0.0636. The number of carbonyl (C=O) groups excluding carboxylic acids is 1. The number of carbonyl (C=O) groups is 2. The van der Waals surface area contributed by atoms with Crippen molar-refractivity contribution in [3.63, 3.8) is 0 Å². The quantitative estimate of drug-likeness (QED) is 0.783. The molecule has 0 aliphatic heterocycles. The number of para-hydroxylation sites is 1. The Morgan fingerprint density at radius 2 is 2.10 bits per heavy atom. The van der Waals surface area contributed by atoms with Crippen molar-refractivity contribution in [1.29, 1.82) is 0 Å². The third-order valence-electron chi connectivity index (χ3n) is 3.85. The number of halogens is 1. The fourth-order valence-corrected chi connectivity index (χ4v) is 2.85. The molecule has 1 aliphatic carbocycles. The maximum atomic E-state index is 12.1. The third kappa shape index (κ3) is 2.95. The fraction of sp³-hybridized carbons (Fsp3) is 0.429. The molecule has 2 rings (SSSR count). The van der Waals surface area contributed by atoms with Crippen LogP contribution in [0.15, 0.2) is 22.7 Å². The number of urea groups is 1. The Labute approximate surface area is 125 Å². The number of anilines is 1. The van der Waals surface area contributed by atoms with E-state index in [1.165, 1.54) is 6.07 Å². The molecule has 0 aromatic heterocycles. The van der Waals surface area contributed by atoms with Crippen LogP contribution in [0.3, 0.4) is 0 Å². The highest BCUT2D eigenvalue weighted by Gasteiger charge is 2.36. The summed E-state index contributed by atoms with van der Waals surface area (Å²) in [6.07, 6.45) is 3.93. The van der Waals surface area contributed by atoms with Gasteiger partial charge < -0.3 is 15.7 Å². The van der Waals surface area contributed by atoms with Crippen LogP contribution in [-0.4, -0.2) is 22.6 Å². The number of hydrogen-bond donors (Lipinski definition) is 3. The van der Waals surface area contributed by atoms with E-state index in [0.29, 0.717) is 4.47 Å². The van der Waals surface area contributed by atoms with Gasteiger partial charge in [0.1, 0.15) is 0 Å². The Kier molecular flexibility index (Phi) is 4.32. The lowest BCUT2D eigenvalue weighted by atomic mass is 9.75. The highest BCUT2D eigenvalue weighted by Crippen LogP contribution is 2.35. The summed E-state index contributed by atoms with van der Waals surface area (Å²) in [5.41, 5.74) is 0.214. The number of carboxylic acid groups (broad SMARTS) is 1. The highest BCUT2D eigenvalue weighted by molar-refractivity contribution is 9.10. The van der Waals surface area contributed by atoms with E-state index in [9.17, 15) is 9.59 Å². The molecule has 0 radical (unpaired) electrons. The Morgan fingerprint density at radius 3 is 2.60 bits per heavy atom. The summed E-state index contributed by atoms with van der Waals surface area (Å²) in [6.45, 7) is 2.04. The summed E-state index contributed by atoms with van der Waals surface area (Å²) in [5.74, 6) is -1.07. The largest absolute Gasteiger partial charge is 0.478 e. The van der Waals surface area contributed by atoms with Gasteiger partial charge in [-0.1, -0.05) is 13.0 Å². The molecule has 1 aromatic carbocycles. The molecular formula is C14H17BrN2O3. The van der Waals surface area contributed by atoms with Crippen molar-refractivity contribution in [2.75, 3.05) is 5.32 Å². The Balaban J connectivity index is 2.13. The van der Waals surface area contributed by atoms with E-state index in [1.807, 2.05) is 6.92 Å². The van der Waals surface area contributed by atoms with E-state index in [4.69, 9.17) is 5.11 Å². The number of benzene rings is 1. The van der Waals surface area contributed by atoms with Gasteiger partial charge in [0, 0.05) is 10.0 Å². The first-order chi connectivity index (χ1) is 9.47. The van der Waals surface area contributed by atoms with E-state index < -0.39 is 5.97 Å². The van der Waals surface area contributed by atoms with E-state index in [0.717, 1.165) is 25.7 Å².